The summed E-state index contributed by atoms with van der Waals surface area (Å²) >= 11 is 0. The van der Waals surface area contributed by atoms with Gasteiger partial charge in [-0.1, -0.05) is 18.2 Å². The number of nitrogens with one attached hydrogen (secondary N) is 1. The second-order valence-electron chi connectivity index (χ2n) is 6.21. The first-order valence-corrected chi connectivity index (χ1v) is 8.31. The largest absolute Gasteiger partial charge is 0.453 e. The van der Waals surface area contributed by atoms with Gasteiger partial charge in [0.15, 0.2) is 5.76 Å². The lowest BCUT2D eigenvalue weighted by molar-refractivity contribution is -0.134. The van der Waals surface area contributed by atoms with E-state index in [4.69, 9.17) is 9.68 Å². The predicted molar refractivity (Wildman–Crippen MR) is 99.4 cm³/mol. The SMILES string of the molecule is Cc1cc(C)n(NC(=O)C(=O)CC(=O)c2cc3ccccc3o2)c(=O)c1C#N. The van der Waals surface area contributed by atoms with Gasteiger partial charge in [-0.2, -0.15) is 5.26 Å². The molecule has 8 nitrogen and oxygen atoms in total. The van der Waals surface area contributed by atoms with E-state index in [0.29, 0.717) is 22.2 Å². The fourth-order valence-corrected chi connectivity index (χ4v) is 2.76. The molecule has 140 valence electrons. The van der Waals surface area contributed by atoms with E-state index < -0.39 is 29.5 Å². The fourth-order valence-electron chi connectivity index (χ4n) is 2.76. The van der Waals surface area contributed by atoms with Crippen LogP contribution in [-0.2, 0) is 9.59 Å². The first-order chi connectivity index (χ1) is 13.3. The van der Waals surface area contributed by atoms with E-state index in [9.17, 15) is 19.2 Å². The molecule has 1 aromatic carbocycles. The lowest BCUT2D eigenvalue weighted by Gasteiger charge is -2.12. The van der Waals surface area contributed by atoms with Crippen LogP contribution in [0, 0.1) is 25.2 Å². The number of hydrogen-bond donors (Lipinski definition) is 1. The van der Waals surface area contributed by atoms with Crippen LogP contribution in [0.25, 0.3) is 11.0 Å². The minimum atomic E-state index is -1.14. The Labute approximate surface area is 159 Å². The standard InChI is InChI=1S/C20H15N3O5/c1-11-7-12(2)23(20(27)14(11)10-21)22-19(26)16(25)9-15(24)18-8-13-5-3-4-6-17(13)28-18/h3-8H,9H2,1-2H3,(H,22,26). The molecule has 0 spiro atoms. The molecule has 28 heavy (non-hydrogen) atoms. The van der Waals surface area contributed by atoms with E-state index in [-0.39, 0.29) is 11.3 Å². The molecule has 3 aromatic rings. The third-order valence-corrected chi connectivity index (χ3v) is 4.19. The third kappa shape index (κ3) is 3.46. The number of nitrogens with zero attached hydrogens (tertiary/aromatic N) is 2. The van der Waals surface area contributed by atoms with Crippen LogP contribution in [-0.4, -0.2) is 22.1 Å². The zero-order valence-corrected chi connectivity index (χ0v) is 15.1. The smallest absolute Gasteiger partial charge is 0.306 e. The maximum absolute atomic E-state index is 12.3. The highest BCUT2D eigenvalue weighted by atomic mass is 16.3. The molecule has 0 fully saturated rings. The van der Waals surface area contributed by atoms with Gasteiger partial charge in [0, 0.05) is 11.1 Å². The molecular formula is C20H15N3O5. The van der Waals surface area contributed by atoms with E-state index >= 15 is 0 Å². The molecule has 2 heterocycles. The van der Waals surface area contributed by atoms with Crippen molar-refractivity contribution in [1.29, 1.82) is 5.26 Å². The summed E-state index contributed by atoms with van der Waals surface area (Å²) in [5.74, 6) is -2.85. The molecule has 0 aliphatic heterocycles. The van der Waals surface area contributed by atoms with E-state index in [1.165, 1.54) is 12.1 Å². The Morgan fingerprint density at radius 1 is 1.18 bits per heavy atom. The van der Waals surface area contributed by atoms with E-state index in [1.54, 1.807) is 44.2 Å². The van der Waals surface area contributed by atoms with Gasteiger partial charge in [-0.3, -0.25) is 24.6 Å². The van der Waals surface area contributed by atoms with Gasteiger partial charge >= 0.3 is 5.91 Å². The molecule has 8 heteroatoms. The molecule has 0 unspecified atom stereocenters. The summed E-state index contributed by atoms with van der Waals surface area (Å²) < 4.78 is 6.20. The van der Waals surface area contributed by atoms with Crippen molar-refractivity contribution >= 4 is 28.4 Å². The van der Waals surface area contributed by atoms with Gasteiger partial charge in [0.05, 0.1) is 6.42 Å². The summed E-state index contributed by atoms with van der Waals surface area (Å²) in [5.41, 5.74) is 2.55. The highest BCUT2D eigenvalue weighted by Gasteiger charge is 2.23. The molecule has 1 N–H and O–H groups in total. The van der Waals surface area contributed by atoms with Crippen LogP contribution in [0.2, 0.25) is 0 Å². The first kappa shape index (κ1) is 18.8. The quantitative estimate of drug-likeness (QED) is 0.412. The van der Waals surface area contributed by atoms with Crippen LogP contribution in [0.4, 0.5) is 0 Å². The van der Waals surface area contributed by atoms with Crippen molar-refractivity contribution in [2.75, 3.05) is 5.43 Å². The van der Waals surface area contributed by atoms with Crippen molar-refractivity contribution in [2.24, 2.45) is 0 Å². The molecule has 0 radical (unpaired) electrons. The molecule has 3 rings (SSSR count). The number of nitriles is 1. The van der Waals surface area contributed by atoms with E-state index in [0.717, 1.165) is 4.68 Å². The molecule has 0 aliphatic rings. The Balaban J connectivity index is 1.77. The Morgan fingerprint density at radius 3 is 2.57 bits per heavy atom. The third-order valence-electron chi connectivity index (χ3n) is 4.19. The van der Waals surface area contributed by atoms with Crippen molar-refractivity contribution < 1.29 is 18.8 Å². The van der Waals surface area contributed by atoms with Crippen LogP contribution in [0.3, 0.4) is 0 Å². The van der Waals surface area contributed by atoms with Gasteiger partial charge in [-0.15, -0.1) is 0 Å². The summed E-state index contributed by atoms with van der Waals surface area (Å²) in [5, 5.41) is 9.77. The monoisotopic (exact) mass is 377 g/mol. The highest BCUT2D eigenvalue weighted by Crippen LogP contribution is 2.19. The minimum absolute atomic E-state index is 0.0298. The zero-order chi connectivity index (χ0) is 20.4. The number of aromatic nitrogens is 1. The van der Waals surface area contributed by atoms with Crippen molar-refractivity contribution in [3.05, 3.63) is 69.3 Å². The van der Waals surface area contributed by atoms with E-state index in [2.05, 4.69) is 5.43 Å². The number of benzene rings is 1. The molecular weight excluding hydrogens is 362 g/mol. The number of hydrogen-bond acceptors (Lipinski definition) is 6. The first-order valence-electron chi connectivity index (χ1n) is 8.31. The number of fused-ring (bicyclic) bond motifs is 1. The summed E-state index contributed by atoms with van der Waals surface area (Å²) in [6.45, 7) is 3.14. The maximum Gasteiger partial charge on any atom is 0.306 e. The minimum Gasteiger partial charge on any atom is -0.453 e. The molecule has 0 aliphatic carbocycles. The van der Waals surface area contributed by atoms with Gasteiger partial charge in [0.1, 0.15) is 17.2 Å². The van der Waals surface area contributed by atoms with Crippen molar-refractivity contribution in [2.45, 2.75) is 20.3 Å². The van der Waals surface area contributed by atoms with Crippen LogP contribution in [0.1, 0.15) is 33.8 Å². The number of rotatable bonds is 5. The Hall–Kier alpha value is -3.99. The van der Waals surface area contributed by atoms with Gasteiger partial charge in [-0.25, -0.2) is 4.68 Å². The lowest BCUT2D eigenvalue weighted by Crippen LogP contribution is -2.39. The van der Waals surface area contributed by atoms with Crippen LogP contribution < -0.4 is 11.0 Å². The number of carbonyl (C=O) groups excluding carboxylic acids is 3. The molecule has 0 bridgehead atoms. The predicted octanol–water partition coefficient (Wildman–Crippen LogP) is 2.00. The van der Waals surface area contributed by atoms with Crippen molar-refractivity contribution in [1.82, 2.24) is 4.68 Å². The molecule has 0 saturated heterocycles. The normalized spacial score (nSPS) is 10.5. The average molecular weight is 377 g/mol. The number of furan rings is 1. The number of ketones is 2. The Bertz CT molecular complexity index is 1190. The Kier molecular flexibility index (Phi) is 4.92. The molecule has 2 aromatic heterocycles. The summed E-state index contributed by atoms with van der Waals surface area (Å²) in [7, 11) is 0. The topological polar surface area (TPSA) is 122 Å². The van der Waals surface area contributed by atoms with Crippen molar-refractivity contribution in [3.8, 4) is 6.07 Å². The molecule has 1 amide bonds. The number of carbonyl (C=O) groups is 3. The average Bonchev–Trinajstić information content (AvgIpc) is 3.09. The second kappa shape index (κ2) is 7.32. The van der Waals surface area contributed by atoms with Gasteiger partial charge < -0.3 is 4.42 Å². The highest BCUT2D eigenvalue weighted by molar-refractivity contribution is 6.42. The number of amides is 1. The lowest BCUT2D eigenvalue weighted by atomic mass is 10.1. The van der Waals surface area contributed by atoms with Crippen molar-refractivity contribution in [3.63, 3.8) is 0 Å². The second-order valence-corrected chi connectivity index (χ2v) is 6.21. The number of pyridine rings is 1. The van der Waals surface area contributed by atoms with Gasteiger partial charge in [0.2, 0.25) is 11.6 Å². The van der Waals surface area contributed by atoms with Gasteiger partial charge in [0.25, 0.3) is 5.56 Å². The van der Waals surface area contributed by atoms with E-state index in [1.807, 2.05) is 0 Å². The summed E-state index contributed by atoms with van der Waals surface area (Å²) in [6.07, 6.45) is -0.712. The molecule has 0 atom stereocenters. The zero-order valence-electron chi connectivity index (χ0n) is 15.1. The summed E-state index contributed by atoms with van der Waals surface area (Å²) in [4.78, 5) is 48.8. The van der Waals surface area contributed by atoms with Crippen LogP contribution in [0.5, 0.6) is 0 Å². The van der Waals surface area contributed by atoms with Gasteiger partial charge in [-0.05, 0) is 37.6 Å². The number of para-hydroxylation sites is 1. The molecule has 0 saturated carbocycles. The number of Topliss-reactive ketones (excluding diaryl/α,β-unsaturated/α-hetero) is 2. The fraction of sp³-hybridized carbons (Fsp3) is 0.150. The number of aryl methyl sites for hydroxylation is 2. The maximum atomic E-state index is 12.3. The summed E-state index contributed by atoms with van der Waals surface area (Å²) in [6, 6.07) is 11.8. The Morgan fingerprint density at radius 2 is 1.89 bits per heavy atom. The van der Waals surface area contributed by atoms with Crippen LogP contribution >= 0.6 is 0 Å². The van der Waals surface area contributed by atoms with Crippen LogP contribution in [0.15, 0.2) is 45.6 Å².